The van der Waals surface area contributed by atoms with E-state index in [0.29, 0.717) is 6.42 Å². The number of hydrogen-bond acceptors (Lipinski definition) is 5. The minimum Gasteiger partial charge on any atom is -0.426 e. The van der Waals surface area contributed by atoms with Crippen LogP contribution in [0.1, 0.15) is 11.5 Å². The van der Waals surface area contributed by atoms with Crippen molar-refractivity contribution >= 4 is 18.5 Å². The van der Waals surface area contributed by atoms with Gasteiger partial charge in [-0.1, -0.05) is 35.5 Å². The number of hydrogen-bond donors (Lipinski definition) is 2. The largest absolute Gasteiger partial charge is 0.478 e. The highest BCUT2D eigenvalue weighted by Crippen LogP contribution is 2.22. The summed E-state index contributed by atoms with van der Waals surface area (Å²) in [5, 5.41) is 31.4. The Kier molecular flexibility index (Phi) is 4.14. The van der Waals surface area contributed by atoms with Crippen molar-refractivity contribution in [2.75, 3.05) is 0 Å². The molecular formula is C14H14BN3O2S. The van der Waals surface area contributed by atoms with E-state index >= 15 is 0 Å². The Bertz CT molecular complexity index is 685. The molecule has 2 heterocycles. The number of thiophene rings is 1. The third kappa shape index (κ3) is 3.21. The van der Waals surface area contributed by atoms with Crippen molar-refractivity contribution < 1.29 is 10.0 Å². The van der Waals surface area contributed by atoms with Gasteiger partial charge in [0.15, 0.2) is 0 Å². The molecule has 3 rings (SSSR count). The van der Waals surface area contributed by atoms with Crippen molar-refractivity contribution in [3.8, 4) is 11.3 Å². The Morgan fingerprint density at radius 2 is 2.00 bits per heavy atom. The van der Waals surface area contributed by atoms with Gasteiger partial charge in [-0.25, -0.2) is 0 Å². The summed E-state index contributed by atoms with van der Waals surface area (Å²) in [5.74, 6) is -0.563. The lowest BCUT2D eigenvalue weighted by molar-refractivity contribution is 0.348. The van der Waals surface area contributed by atoms with Crippen molar-refractivity contribution in [1.29, 1.82) is 0 Å². The molecule has 2 N–H and O–H groups in total. The zero-order chi connectivity index (χ0) is 14.7. The Labute approximate surface area is 126 Å². The molecular weight excluding hydrogens is 285 g/mol. The average molecular weight is 299 g/mol. The molecule has 0 radical (unpaired) electrons. The Morgan fingerprint density at radius 1 is 1.19 bits per heavy atom. The van der Waals surface area contributed by atoms with Crippen molar-refractivity contribution in [2.24, 2.45) is 0 Å². The molecule has 2 aromatic heterocycles. The first-order valence-electron chi connectivity index (χ1n) is 6.58. The van der Waals surface area contributed by atoms with Gasteiger partial charge in [-0.2, -0.15) is 11.3 Å². The maximum atomic E-state index is 9.64. The first kappa shape index (κ1) is 14.0. The monoisotopic (exact) mass is 299 g/mol. The standard InChI is InChI=1S/C14H14BN3O2S/c19-15(20)14(8-11-4-2-1-3-5-11)18-9-13(16-17-18)12-6-7-21-10-12/h1-7,9-10,14,19-20H,8H2/t14-/m0/s1. The van der Waals surface area contributed by atoms with Crippen molar-refractivity contribution in [1.82, 2.24) is 15.0 Å². The first-order chi connectivity index (χ1) is 10.2. The molecule has 0 saturated carbocycles. The van der Waals surface area contributed by atoms with Crippen LogP contribution in [-0.4, -0.2) is 32.2 Å². The Hall–Kier alpha value is -1.96. The van der Waals surface area contributed by atoms with Crippen LogP contribution >= 0.6 is 11.3 Å². The van der Waals surface area contributed by atoms with Gasteiger partial charge in [0, 0.05) is 10.9 Å². The number of rotatable bonds is 5. The van der Waals surface area contributed by atoms with Gasteiger partial charge in [-0.05, 0) is 23.4 Å². The van der Waals surface area contributed by atoms with Gasteiger partial charge in [-0.3, -0.25) is 4.68 Å². The van der Waals surface area contributed by atoms with Crippen LogP contribution in [0.25, 0.3) is 11.3 Å². The fourth-order valence-corrected chi connectivity index (χ4v) is 2.82. The van der Waals surface area contributed by atoms with Crippen molar-refractivity contribution in [3.05, 3.63) is 58.9 Å². The summed E-state index contributed by atoms with van der Waals surface area (Å²) in [6, 6.07) is 11.6. The minimum atomic E-state index is -1.50. The highest BCUT2D eigenvalue weighted by atomic mass is 32.1. The predicted molar refractivity (Wildman–Crippen MR) is 82.7 cm³/mol. The molecule has 0 amide bonds. The van der Waals surface area contributed by atoms with Crippen LogP contribution in [0, 0.1) is 0 Å². The summed E-state index contributed by atoms with van der Waals surface area (Å²) in [5.41, 5.74) is 2.73. The van der Waals surface area contributed by atoms with Gasteiger partial charge < -0.3 is 10.0 Å². The van der Waals surface area contributed by atoms with E-state index in [9.17, 15) is 10.0 Å². The zero-order valence-electron chi connectivity index (χ0n) is 11.2. The minimum absolute atomic E-state index is 0.477. The third-order valence-corrected chi connectivity index (χ3v) is 3.98. The average Bonchev–Trinajstić information content (AvgIpc) is 3.16. The maximum absolute atomic E-state index is 9.64. The predicted octanol–water partition coefficient (Wildman–Crippen LogP) is 1.80. The highest BCUT2D eigenvalue weighted by Gasteiger charge is 2.27. The van der Waals surface area contributed by atoms with Crippen LogP contribution in [0.3, 0.4) is 0 Å². The van der Waals surface area contributed by atoms with E-state index in [0.717, 1.165) is 16.8 Å². The van der Waals surface area contributed by atoms with Crippen LogP contribution < -0.4 is 0 Å². The van der Waals surface area contributed by atoms with Gasteiger partial charge in [0.05, 0.1) is 12.1 Å². The van der Waals surface area contributed by atoms with Crippen LogP contribution in [0.2, 0.25) is 0 Å². The van der Waals surface area contributed by atoms with E-state index in [1.807, 2.05) is 47.2 Å². The quantitative estimate of drug-likeness (QED) is 0.705. The molecule has 5 nitrogen and oxygen atoms in total. The van der Waals surface area contributed by atoms with Crippen LogP contribution in [-0.2, 0) is 6.42 Å². The van der Waals surface area contributed by atoms with Gasteiger partial charge in [0.1, 0.15) is 5.69 Å². The molecule has 3 aromatic rings. The molecule has 0 unspecified atom stereocenters. The molecule has 0 aliphatic heterocycles. The molecule has 0 spiro atoms. The van der Waals surface area contributed by atoms with Crippen LogP contribution in [0.15, 0.2) is 53.4 Å². The molecule has 21 heavy (non-hydrogen) atoms. The lowest BCUT2D eigenvalue weighted by Crippen LogP contribution is -2.31. The number of aromatic nitrogens is 3. The third-order valence-electron chi connectivity index (χ3n) is 3.30. The van der Waals surface area contributed by atoms with E-state index in [-0.39, 0.29) is 0 Å². The number of nitrogens with zero attached hydrogens (tertiary/aromatic N) is 3. The van der Waals surface area contributed by atoms with E-state index < -0.39 is 13.1 Å². The fraction of sp³-hybridized carbons (Fsp3) is 0.143. The molecule has 1 aromatic carbocycles. The normalized spacial score (nSPS) is 12.3. The van der Waals surface area contributed by atoms with E-state index in [2.05, 4.69) is 10.3 Å². The Morgan fingerprint density at radius 3 is 2.67 bits per heavy atom. The summed E-state index contributed by atoms with van der Waals surface area (Å²) in [7, 11) is -1.50. The second-order valence-electron chi connectivity index (χ2n) is 4.77. The molecule has 0 aliphatic rings. The summed E-state index contributed by atoms with van der Waals surface area (Å²) >= 11 is 1.59. The Balaban J connectivity index is 1.84. The molecule has 1 atom stereocenters. The van der Waals surface area contributed by atoms with Gasteiger partial charge in [-0.15, -0.1) is 5.10 Å². The zero-order valence-corrected chi connectivity index (χ0v) is 12.0. The van der Waals surface area contributed by atoms with E-state index in [1.165, 1.54) is 4.68 Å². The molecule has 106 valence electrons. The molecule has 0 bridgehead atoms. The summed E-state index contributed by atoms with van der Waals surface area (Å²) in [4.78, 5) is 0. The first-order valence-corrected chi connectivity index (χ1v) is 7.53. The lowest BCUT2D eigenvalue weighted by atomic mass is 9.76. The van der Waals surface area contributed by atoms with Crippen LogP contribution in [0.5, 0.6) is 0 Å². The van der Waals surface area contributed by atoms with Crippen molar-refractivity contribution in [3.63, 3.8) is 0 Å². The summed E-state index contributed by atoms with van der Waals surface area (Å²) < 4.78 is 1.52. The second kappa shape index (κ2) is 6.21. The molecule has 0 aliphatic carbocycles. The van der Waals surface area contributed by atoms with Gasteiger partial charge in [0.25, 0.3) is 0 Å². The topological polar surface area (TPSA) is 71.2 Å². The smallest absolute Gasteiger partial charge is 0.426 e. The SMILES string of the molecule is OB(O)[C@H](Cc1ccccc1)n1cc(-c2ccsc2)nn1. The molecule has 0 saturated heterocycles. The highest BCUT2D eigenvalue weighted by molar-refractivity contribution is 7.08. The van der Waals surface area contributed by atoms with Crippen LogP contribution in [0.4, 0.5) is 0 Å². The van der Waals surface area contributed by atoms with Gasteiger partial charge >= 0.3 is 7.12 Å². The van der Waals surface area contributed by atoms with E-state index in [4.69, 9.17) is 0 Å². The molecule has 0 fully saturated rings. The van der Waals surface area contributed by atoms with Crippen molar-refractivity contribution in [2.45, 2.75) is 12.4 Å². The second-order valence-corrected chi connectivity index (χ2v) is 5.55. The maximum Gasteiger partial charge on any atom is 0.478 e. The van der Waals surface area contributed by atoms with E-state index in [1.54, 1.807) is 17.5 Å². The van der Waals surface area contributed by atoms with Gasteiger partial charge in [0.2, 0.25) is 0 Å². The summed E-state index contributed by atoms with van der Waals surface area (Å²) in [6.07, 6.45) is 2.22. The lowest BCUT2D eigenvalue weighted by Gasteiger charge is -2.15. The fourth-order valence-electron chi connectivity index (χ4n) is 2.17. The number of benzene rings is 1. The summed E-state index contributed by atoms with van der Waals surface area (Å²) in [6.45, 7) is 0. The molecule has 7 heteroatoms.